The van der Waals surface area contributed by atoms with E-state index in [0.717, 1.165) is 11.1 Å². The zero-order chi connectivity index (χ0) is 25.2. The Bertz CT molecular complexity index is 1300. The van der Waals surface area contributed by atoms with Crippen molar-refractivity contribution in [1.82, 2.24) is 4.98 Å². The number of amides is 1. The van der Waals surface area contributed by atoms with Crippen molar-refractivity contribution >= 4 is 29.1 Å². The summed E-state index contributed by atoms with van der Waals surface area (Å²) in [5.74, 6) is -1.31. The molecule has 3 atom stereocenters. The quantitative estimate of drug-likeness (QED) is 0.493. The number of rotatable bonds is 6. The van der Waals surface area contributed by atoms with E-state index in [9.17, 15) is 20.0 Å². The summed E-state index contributed by atoms with van der Waals surface area (Å²) in [6.45, 7) is 5.03. The van der Waals surface area contributed by atoms with Crippen LogP contribution in [0.2, 0.25) is 0 Å². The Balaban J connectivity index is 1.74. The van der Waals surface area contributed by atoms with Gasteiger partial charge in [0, 0.05) is 23.7 Å². The summed E-state index contributed by atoms with van der Waals surface area (Å²) in [6.07, 6.45) is 0.159. The first kappa shape index (κ1) is 24.6. The average Bonchev–Trinajstić information content (AvgIpc) is 2.82. The van der Waals surface area contributed by atoms with Crippen molar-refractivity contribution < 1.29 is 14.7 Å². The average molecular weight is 486 g/mol. The third-order valence-electron chi connectivity index (χ3n) is 6.45. The normalized spacial score (nSPS) is 21.0. The molecule has 1 aliphatic rings. The Morgan fingerprint density at radius 2 is 1.80 bits per heavy atom. The van der Waals surface area contributed by atoms with Crippen molar-refractivity contribution in [3.05, 3.63) is 88.6 Å². The third kappa shape index (κ3) is 5.00. The molecule has 2 N–H and O–H groups in total. The lowest BCUT2D eigenvalue weighted by Crippen LogP contribution is -2.48. The number of ketones is 1. The topological polar surface area (TPSA) is 103 Å². The number of aryl methyl sites for hydroxylation is 1. The largest absolute Gasteiger partial charge is 0.389 e. The van der Waals surface area contributed by atoms with Gasteiger partial charge in [-0.3, -0.25) is 9.59 Å². The molecule has 0 aliphatic heterocycles. The first-order valence-electron chi connectivity index (χ1n) is 11.4. The number of para-hydroxylation sites is 1. The number of aliphatic hydroxyl groups is 1. The Hall–Kier alpha value is -3.47. The van der Waals surface area contributed by atoms with Gasteiger partial charge in [0.05, 0.1) is 22.8 Å². The third-order valence-corrected chi connectivity index (χ3v) is 7.43. The van der Waals surface area contributed by atoms with Crippen LogP contribution in [0.15, 0.2) is 65.7 Å². The number of nitriles is 1. The summed E-state index contributed by atoms with van der Waals surface area (Å²) in [4.78, 5) is 30.0. The molecule has 0 radical (unpaired) electrons. The molecule has 0 spiro atoms. The Morgan fingerprint density at radius 3 is 2.40 bits per heavy atom. The van der Waals surface area contributed by atoms with Crippen LogP contribution in [0.4, 0.5) is 5.69 Å². The van der Waals surface area contributed by atoms with Gasteiger partial charge in [-0.25, -0.2) is 4.98 Å². The number of fused-ring (bicyclic) bond motifs is 1. The highest BCUT2D eigenvalue weighted by molar-refractivity contribution is 8.00. The van der Waals surface area contributed by atoms with E-state index >= 15 is 0 Å². The fraction of sp³-hybridized carbons (Fsp3) is 0.286. The smallest absolute Gasteiger partial charge is 0.234 e. The minimum absolute atomic E-state index is 0.0867. The number of anilines is 1. The van der Waals surface area contributed by atoms with Gasteiger partial charge in [-0.2, -0.15) is 5.26 Å². The summed E-state index contributed by atoms with van der Waals surface area (Å²) in [5.41, 5.74) is 2.81. The van der Waals surface area contributed by atoms with Gasteiger partial charge in [-0.05, 0) is 49.6 Å². The van der Waals surface area contributed by atoms with E-state index in [-0.39, 0.29) is 23.9 Å². The SMILES string of the molecule is CC(=O)[C@H]1[C@H](c2ccccc2)c2c(C)nc(SCC(=O)Nc3ccccc3)c(C#N)c2C[C@@]1(C)O. The number of pyridine rings is 1. The number of benzene rings is 2. The summed E-state index contributed by atoms with van der Waals surface area (Å²) in [5, 5.41) is 24.9. The van der Waals surface area contributed by atoms with Crippen molar-refractivity contribution in [2.75, 3.05) is 11.1 Å². The molecule has 0 fully saturated rings. The molecule has 6 nitrogen and oxygen atoms in total. The maximum Gasteiger partial charge on any atom is 0.234 e. The highest BCUT2D eigenvalue weighted by atomic mass is 32.2. The van der Waals surface area contributed by atoms with Crippen molar-refractivity contribution in [3.8, 4) is 6.07 Å². The van der Waals surface area contributed by atoms with Crippen LogP contribution in [-0.2, 0) is 16.0 Å². The molecule has 1 heterocycles. The highest BCUT2D eigenvalue weighted by Crippen LogP contribution is 2.48. The standard InChI is InChI=1S/C28H27N3O3S/c1-17-24-21(14-28(3,34)26(18(2)32)25(24)19-10-6-4-7-11-19)22(15-29)27(30-17)35-16-23(33)31-20-12-8-5-9-13-20/h4-13,25-26,34H,14,16H2,1-3H3,(H,31,33)/t25-,26+,28-/m1/s1. The molecule has 0 unspecified atom stereocenters. The number of thioether (sulfide) groups is 1. The van der Waals surface area contributed by atoms with E-state index in [1.54, 1.807) is 6.92 Å². The lowest BCUT2D eigenvalue weighted by Gasteiger charge is -2.43. The van der Waals surface area contributed by atoms with Gasteiger partial charge in [0.25, 0.3) is 0 Å². The zero-order valence-electron chi connectivity index (χ0n) is 19.9. The first-order chi connectivity index (χ1) is 16.7. The van der Waals surface area contributed by atoms with Crippen LogP contribution in [0, 0.1) is 24.2 Å². The fourth-order valence-corrected chi connectivity index (χ4v) is 5.96. The van der Waals surface area contributed by atoms with E-state index in [2.05, 4.69) is 11.4 Å². The maximum atomic E-state index is 12.8. The summed E-state index contributed by atoms with van der Waals surface area (Å²) in [7, 11) is 0. The molecule has 7 heteroatoms. The zero-order valence-corrected chi connectivity index (χ0v) is 20.7. The van der Waals surface area contributed by atoms with Gasteiger partial charge in [0.2, 0.25) is 5.91 Å². The Kier molecular flexibility index (Phi) is 7.06. The summed E-state index contributed by atoms with van der Waals surface area (Å²) in [6, 6.07) is 21.0. The van der Waals surface area contributed by atoms with E-state index in [1.165, 1.54) is 18.7 Å². The van der Waals surface area contributed by atoms with Crippen molar-refractivity contribution in [3.63, 3.8) is 0 Å². The number of hydrogen-bond donors (Lipinski definition) is 2. The second-order valence-corrected chi connectivity index (χ2v) is 10.1. The van der Waals surface area contributed by atoms with E-state index in [4.69, 9.17) is 4.98 Å². The minimum atomic E-state index is -1.34. The molecule has 0 saturated heterocycles. The van der Waals surface area contributed by atoms with Gasteiger partial charge >= 0.3 is 0 Å². The van der Waals surface area contributed by atoms with Crippen LogP contribution in [-0.4, -0.2) is 33.1 Å². The van der Waals surface area contributed by atoms with Crippen molar-refractivity contribution in [1.29, 1.82) is 5.26 Å². The second kappa shape index (κ2) is 10.0. The number of Topliss-reactive ketones (excluding diaryl/α,β-unsaturated/α-hetero) is 1. The number of carbonyl (C=O) groups excluding carboxylic acids is 2. The maximum absolute atomic E-state index is 12.8. The van der Waals surface area contributed by atoms with Crippen LogP contribution >= 0.6 is 11.8 Å². The summed E-state index contributed by atoms with van der Waals surface area (Å²) < 4.78 is 0. The lowest BCUT2D eigenvalue weighted by molar-refractivity contribution is -0.130. The molecule has 0 bridgehead atoms. The molecular weight excluding hydrogens is 458 g/mol. The number of aromatic nitrogens is 1. The molecule has 178 valence electrons. The minimum Gasteiger partial charge on any atom is -0.389 e. The van der Waals surface area contributed by atoms with Gasteiger partial charge < -0.3 is 10.4 Å². The molecule has 4 rings (SSSR count). The van der Waals surface area contributed by atoms with Gasteiger partial charge in [0.15, 0.2) is 0 Å². The fourth-order valence-electron chi connectivity index (χ4n) is 5.10. The predicted octanol–water partition coefficient (Wildman–Crippen LogP) is 4.64. The van der Waals surface area contributed by atoms with Crippen LogP contribution in [0.25, 0.3) is 0 Å². The number of nitrogens with one attached hydrogen (secondary N) is 1. The van der Waals surface area contributed by atoms with E-state index in [0.29, 0.717) is 27.5 Å². The summed E-state index contributed by atoms with van der Waals surface area (Å²) >= 11 is 1.20. The van der Waals surface area contributed by atoms with Gasteiger partial charge in [-0.1, -0.05) is 60.3 Å². The Labute approximate surface area is 209 Å². The molecule has 1 amide bonds. The van der Waals surface area contributed by atoms with E-state index < -0.39 is 17.4 Å². The van der Waals surface area contributed by atoms with Crippen LogP contribution in [0.1, 0.15) is 47.7 Å². The van der Waals surface area contributed by atoms with Crippen LogP contribution in [0.3, 0.4) is 0 Å². The molecule has 1 aromatic heterocycles. The molecule has 0 saturated carbocycles. The number of nitrogens with zero attached hydrogens (tertiary/aromatic N) is 2. The van der Waals surface area contributed by atoms with Crippen molar-refractivity contribution in [2.45, 2.75) is 43.7 Å². The van der Waals surface area contributed by atoms with Gasteiger partial charge in [-0.15, -0.1) is 0 Å². The van der Waals surface area contributed by atoms with Crippen LogP contribution < -0.4 is 5.32 Å². The molecule has 1 aliphatic carbocycles. The lowest BCUT2D eigenvalue weighted by atomic mass is 9.62. The van der Waals surface area contributed by atoms with Crippen LogP contribution in [0.5, 0.6) is 0 Å². The second-order valence-electron chi connectivity index (χ2n) is 9.09. The monoisotopic (exact) mass is 485 g/mol. The molecule has 2 aromatic carbocycles. The Morgan fingerprint density at radius 1 is 1.17 bits per heavy atom. The molecule has 3 aromatic rings. The molecular formula is C28H27N3O3S. The predicted molar refractivity (Wildman–Crippen MR) is 136 cm³/mol. The molecule has 35 heavy (non-hydrogen) atoms. The van der Waals surface area contributed by atoms with Crippen molar-refractivity contribution in [2.24, 2.45) is 5.92 Å². The van der Waals surface area contributed by atoms with E-state index in [1.807, 2.05) is 67.6 Å². The highest BCUT2D eigenvalue weighted by Gasteiger charge is 2.48. The number of hydrogen-bond acceptors (Lipinski definition) is 6. The number of carbonyl (C=O) groups is 2. The van der Waals surface area contributed by atoms with Gasteiger partial charge in [0.1, 0.15) is 16.9 Å². The first-order valence-corrected chi connectivity index (χ1v) is 12.4.